The molecular weight excluding hydrogens is 238 g/mol. The summed E-state index contributed by atoms with van der Waals surface area (Å²) in [6.45, 7) is 4.26. The third-order valence-corrected chi connectivity index (χ3v) is 2.05. The van der Waals surface area contributed by atoms with Crippen LogP contribution in [0.1, 0.15) is 25.3 Å². The van der Waals surface area contributed by atoms with Crippen LogP contribution in [0, 0.1) is 0 Å². The van der Waals surface area contributed by atoms with E-state index in [4.69, 9.17) is 17.2 Å². The summed E-state index contributed by atoms with van der Waals surface area (Å²) in [6, 6.07) is 7.77. The van der Waals surface area contributed by atoms with Gasteiger partial charge in [0.2, 0.25) is 5.96 Å². The van der Waals surface area contributed by atoms with E-state index in [1.165, 1.54) is 5.56 Å². The Balaban J connectivity index is 0.00000256. The predicted octanol–water partition coefficient (Wildman–Crippen LogP) is 1.45. The molecule has 0 radical (unpaired) electrons. The number of benzene rings is 1. The molecule has 0 fully saturated rings. The average Bonchev–Trinajstić information content (AvgIpc) is 2.16. The molecule has 1 aromatic rings. The van der Waals surface area contributed by atoms with Crippen LogP contribution >= 0.6 is 12.4 Å². The minimum Gasteiger partial charge on any atom is -0.370 e. The lowest BCUT2D eigenvalue weighted by molar-refractivity contribution is 0.867. The van der Waals surface area contributed by atoms with Crippen LogP contribution in [-0.4, -0.2) is 11.9 Å². The van der Waals surface area contributed by atoms with Crippen molar-refractivity contribution in [1.29, 1.82) is 0 Å². The first-order valence-corrected chi connectivity index (χ1v) is 5.03. The van der Waals surface area contributed by atoms with E-state index in [1.807, 2.05) is 24.3 Å². The highest BCUT2D eigenvalue weighted by Gasteiger charge is 1.98. The lowest BCUT2D eigenvalue weighted by atomic mass is 10.0. The summed E-state index contributed by atoms with van der Waals surface area (Å²) < 4.78 is 0. The van der Waals surface area contributed by atoms with Gasteiger partial charge < -0.3 is 17.2 Å². The van der Waals surface area contributed by atoms with Gasteiger partial charge in [0.1, 0.15) is 0 Å². The lowest BCUT2D eigenvalue weighted by Gasteiger charge is -2.04. The van der Waals surface area contributed by atoms with Gasteiger partial charge in [0.05, 0.1) is 5.69 Å². The fraction of sp³-hybridized carbons (Fsp3) is 0.273. The number of nitrogens with zero attached hydrogens (tertiary/aromatic N) is 2. The van der Waals surface area contributed by atoms with Crippen LogP contribution in [0.3, 0.4) is 0 Å². The Morgan fingerprint density at radius 2 is 1.59 bits per heavy atom. The van der Waals surface area contributed by atoms with E-state index in [2.05, 4.69) is 23.8 Å². The Hall–Kier alpha value is -1.75. The van der Waals surface area contributed by atoms with Gasteiger partial charge in [-0.15, -0.1) is 12.4 Å². The molecule has 0 saturated carbocycles. The van der Waals surface area contributed by atoms with E-state index in [1.54, 1.807) is 0 Å². The monoisotopic (exact) mass is 255 g/mol. The molecule has 0 unspecified atom stereocenters. The Bertz CT molecular complexity index is 404. The molecule has 94 valence electrons. The second-order valence-electron chi connectivity index (χ2n) is 3.75. The van der Waals surface area contributed by atoms with E-state index in [-0.39, 0.29) is 24.3 Å². The second-order valence-corrected chi connectivity index (χ2v) is 3.75. The number of hydrogen-bond acceptors (Lipinski definition) is 1. The molecule has 0 aliphatic rings. The molecule has 17 heavy (non-hydrogen) atoms. The Labute approximate surface area is 107 Å². The molecule has 0 spiro atoms. The molecule has 0 bridgehead atoms. The van der Waals surface area contributed by atoms with Crippen molar-refractivity contribution in [2.75, 3.05) is 0 Å². The first kappa shape index (κ1) is 15.2. The van der Waals surface area contributed by atoms with Gasteiger partial charge in [0, 0.05) is 0 Å². The van der Waals surface area contributed by atoms with Crippen molar-refractivity contribution in [2.45, 2.75) is 19.8 Å². The first-order chi connectivity index (χ1) is 7.49. The summed E-state index contributed by atoms with van der Waals surface area (Å²) >= 11 is 0. The van der Waals surface area contributed by atoms with Crippen molar-refractivity contribution in [3.8, 4) is 0 Å². The molecule has 0 aliphatic heterocycles. The van der Waals surface area contributed by atoms with Gasteiger partial charge in [0.25, 0.3) is 0 Å². The van der Waals surface area contributed by atoms with Crippen molar-refractivity contribution in [3.05, 3.63) is 29.8 Å². The smallest absolute Gasteiger partial charge is 0.223 e. The van der Waals surface area contributed by atoms with E-state index in [0.29, 0.717) is 5.92 Å². The van der Waals surface area contributed by atoms with Gasteiger partial charge in [-0.1, -0.05) is 26.0 Å². The average molecular weight is 256 g/mol. The minimum absolute atomic E-state index is 0. The topological polar surface area (TPSA) is 103 Å². The number of aliphatic imine (C=N–C) groups is 2. The molecule has 1 aromatic carbocycles. The molecular formula is C11H18ClN5. The minimum atomic E-state index is -0.0972. The summed E-state index contributed by atoms with van der Waals surface area (Å²) in [4.78, 5) is 7.68. The molecule has 0 aliphatic carbocycles. The molecule has 0 saturated heterocycles. The van der Waals surface area contributed by atoms with Gasteiger partial charge in [-0.2, -0.15) is 4.99 Å². The molecule has 0 aromatic heterocycles. The summed E-state index contributed by atoms with van der Waals surface area (Å²) in [7, 11) is 0. The van der Waals surface area contributed by atoms with Crippen molar-refractivity contribution in [3.63, 3.8) is 0 Å². The standard InChI is InChI=1S/C11H17N5.ClH/c1-7(2)8-3-5-9(6-4-8)15-11(14)16-10(12)13;/h3-7H,1-2H3,(H6,12,13,14,15,16);1H. The number of rotatable bonds is 2. The van der Waals surface area contributed by atoms with Gasteiger partial charge in [-0.25, -0.2) is 4.99 Å². The fourth-order valence-electron chi connectivity index (χ4n) is 1.22. The molecule has 1 rings (SSSR count). The van der Waals surface area contributed by atoms with Crippen LogP contribution in [0.5, 0.6) is 0 Å². The molecule has 0 atom stereocenters. The first-order valence-electron chi connectivity index (χ1n) is 5.03. The van der Waals surface area contributed by atoms with Gasteiger partial charge >= 0.3 is 0 Å². The number of halogens is 1. The maximum atomic E-state index is 5.51. The van der Waals surface area contributed by atoms with E-state index in [0.717, 1.165) is 5.69 Å². The lowest BCUT2D eigenvalue weighted by Crippen LogP contribution is -2.26. The zero-order chi connectivity index (χ0) is 12.1. The predicted molar refractivity (Wildman–Crippen MR) is 74.9 cm³/mol. The quantitative estimate of drug-likeness (QED) is 0.550. The zero-order valence-electron chi connectivity index (χ0n) is 9.92. The van der Waals surface area contributed by atoms with E-state index in [9.17, 15) is 0 Å². The Morgan fingerprint density at radius 1 is 1.06 bits per heavy atom. The maximum Gasteiger partial charge on any atom is 0.223 e. The fourth-order valence-corrected chi connectivity index (χ4v) is 1.22. The van der Waals surface area contributed by atoms with Crippen molar-refractivity contribution in [2.24, 2.45) is 27.2 Å². The van der Waals surface area contributed by atoms with Crippen LogP contribution < -0.4 is 17.2 Å². The Morgan fingerprint density at radius 3 is 2.00 bits per heavy atom. The van der Waals surface area contributed by atoms with Crippen molar-refractivity contribution >= 4 is 30.0 Å². The van der Waals surface area contributed by atoms with Crippen LogP contribution in [0.15, 0.2) is 34.3 Å². The highest BCUT2D eigenvalue weighted by Crippen LogP contribution is 2.18. The summed E-state index contributed by atoms with van der Waals surface area (Å²) in [6.07, 6.45) is 0. The van der Waals surface area contributed by atoms with Gasteiger partial charge in [-0.05, 0) is 23.6 Å². The van der Waals surface area contributed by atoms with Gasteiger partial charge in [-0.3, -0.25) is 0 Å². The number of hydrogen-bond donors (Lipinski definition) is 3. The molecule has 6 heteroatoms. The highest BCUT2D eigenvalue weighted by atomic mass is 35.5. The summed E-state index contributed by atoms with van der Waals surface area (Å²) in [5.41, 5.74) is 17.8. The maximum absolute atomic E-state index is 5.51. The third-order valence-electron chi connectivity index (χ3n) is 2.05. The normalized spacial score (nSPS) is 10.9. The molecule has 6 N–H and O–H groups in total. The van der Waals surface area contributed by atoms with Crippen LogP contribution in [0.25, 0.3) is 0 Å². The van der Waals surface area contributed by atoms with Crippen LogP contribution in [0.2, 0.25) is 0 Å². The zero-order valence-corrected chi connectivity index (χ0v) is 10.7. The Kier molecular flexibility index (Phi) is 6.06. The highest BCUT2D eigenvalue weighted by molar-refractivity contribution is 5.93. The van der Waals surface area contributed by atoms with E-state index < -0.39 is 0 Å². The molecule has 0 amide bonds. The molecule has 5 nitrogen and oxygen atoms in total. The number of guanidine groups is 2. The largest absolute Gasteiger partial charge is 0.370 e. The summed E-state index contributed by atoms with van der Waals surface area (Å²) in [5.74, 6) is 0.449. The van der Waals surface area contributed by atoms with E-state index >= 15 is 0 Å². The summed E-state index contributed by atoms with van der Waals surface area (Å²) in [5, 5.41) is 0. The SMILES string of the molecule is CC(C)c1ccc(N=C(N)N=C(N)N)cc1.Cl. The van der Waals surface area contributed by atoms with Crippen molar-refractivity contribution in [1.82, 2.24) is 0 Å². The number of nitrogens with two attached hydrogens (primary N) is 3. The van der Waals surface area contributed by atoms with Crippen LogP contribution in [-0.2, 0) is 0 Å². The van der Waals surface area contributed by atoms with Gasteiger partial charge in [0.15, 0.2) is 5.96 Å². The third kappa shape index (κ3) is 5.21. The van der Waals surface area contributed by atoms with Crippen LogP contribution in [0.4, 0.5) is 5.69 Å². The molecule has 0 heterocycles. The van der Waals surface area contributed by atoms with Crippen molar-refractivity contribution < 1.29 is 0 Å². The second kappa shape index (κ2) is 6.75.